The summed E-state index contributed by atoms with van der Waals surface area (Å²) in [5.74, 6) is 4.39. The summed E-state index contributed by atoms with van der Waals surface area (Å²) in [6, 6.07) is 7.89. The number of hydrogen-bond acceptors (Lipinski definition) is 3. The second-order valence-corrected chi connectivity index (χ2v) is 3.97. The van der Waals surface area contributed by atoms with Gasteiger partial charge >= 0.3 is 0 Å². The molecule has 0 aliphatic carbocycles. The van der Waals surface area contributed by atoms with Gasteiger partial charge in [0.1, 0.15) is 11.6 Å². The van der Waals surface area contributed by atoms with Gasteiger partial charge in [-0.2, -0.15) is 0 Å². The zero-order chi connectivity index (χ0) is 13.1. The van der Waals surface area contributed by atoms with Gasteiger partial charge in [-0.1, -0.05) is 6.07 Å². The number of aromatic nitrogens is 1. The van der Waals surface area contributed by atoms with E-state index in [4.69, 9.17) is 5.84 Å². The fourth-order valence-electron chi connectivity index (χ4n) is 1.80. The maximum Gasteiger partial charge on any atom is 0.128 e. The number of aryl methyl sites for hydroxylation is 1. The molecule has 0 saturated heterocycles. The molecule has 1 unspecified atom stereocenters. The lowest BCUT2D eigenvalue weighted by molar-refractivity contribution is 0.539. The van der Waals surface area contributed by atoms with Crippen molar-refractivity contribution in [3.63, 3.8) is 0 Å². The molecule has 1 aromatic heterocycles. The monoisotopic (exact) mass is 249 g/mol. The van der Waals surface area contributed by atoms with Crippen LogP contribution in [0.15, 0.2) is 36.4 Å². The molecule has 0 bridgehead atoms. The van der Waals surface area contributed by atoms with E-state index in [0.29, 0.717) is 5.69 Å². The number of nitrogens with two attached hydrogens (primary N) is 1. The first-order chi connectivity index (χ1) is 8.61. The molecule has 0 saturated carbocycles. The van der Waals surface area contributed by atoms with Crippen molar-refractivity contribution in [2.75, 3.05) is 0 Å². The summed E-state index contributed by atoms with van der Waals surface area (Å²) in [7, 11) is 0. The van der Waals surface area contributed by atoms with E-state index in [1.54, 1.807) is 12.1 Å². The third-order valence-electron chi connectivity index (χ3n) is 2.64. The summed E-state index contributed by atoms with van der Waals surface area (Å²) in [5.41, 5.74) is 3.92. The Labute approximate surface area is 104 Å². The molecule has 5 heteroatoms. The zero-order valence-corrected chi connectivity index (χ0v) is 9.82. The Bertz CT molecular complexity index is 558. The first kappa shape index (κ1) is 12.6. The van der Waals surface area contributed by atoms with Gasteiger partial charge in [0.15, 0.2) is 0 Å². The Hall–Kier alpha value is -1.85. The molecule has 1 aromatic carbocycles. The molecule has 0 aliphatic rings. The van der Waals surface area contributed by atoms with Gasteiger partial charge in [0.05, 0.1) is 11.7 Å². The fourth-order valence-corrected chi connectivity index (χ4v) is 1.80. The van der Waals surface area contributed by atoms with Gasteiger partial charge in [-0.15, -0.1) is 0 Å². The molecule has 94 valence electrons. The van der Waals surface area contributed by atoms with Crippen molar-refractivity contribution < 1.29 is 8.78 Å². The van der Waals surface area contributed by atoms with Crippen LogP contribution in [0.25, 0.3) is 0 Å². The molecule has 0 fully saturated rings. The van der Waals surface area contributed by atoms with E-state index in [0.717, 1.165) is 23.9 Å². The second-order valence-electron chi connectivity index (χ2n) is 3.97. The summed E-state index contributed by atoms with van der Waals surface area (Å²) in [5, 5.41) is 0. The molecule has 2 rings (SSSR count). The average molecular weight is 249 g/mol. The minimum absolute atomic E-state index is 0.135. The largest absolute Gasteiger partial charge is 0.271 e. The number of pyridine rings is 1. The van der Waals surface area contributed by atoms with E-state index in [1.165, 1.54) is 0 Å². The maximum absolute atomic E-state index is 13.7. The Morgan fingerprint density at radius 2 is 2.00 bits per heavy atom. The SMILES string of the molecule is Cc1cccc(C(NN)c2cc(F)ccc2F)n1. The number of nitrogens with one attached hydrogen (secondary N) is 1. The van der Waals surface area contributed by atoms with Gasteiger partial charge < -0.3 is 0 Å². The summed E-state index contributed by atoms with van der Waals surface area (Å²) in [6.07, 6.45) is 0. The van der Waals surface area contributed by atoms with Crippen LogP contribution in [0.5, 0.6) is 0 Å². The molecule has 0 amide bonds. The standard InChI is InChI=1S/C13H13F2N3/c1-8-3-2-4-12(17-8)13(18-16)10-7-9(14)5-6-11(10)15/h2-7,13,18H,16H2,1H3. The van der Waals surface area contributed by atoms with Crippen LogP contribution < -0.4 is 11.3 Å². The van der Waals surface area contributed by atoms with E-state index >= 15 is 0 Å². The van der Waals surface area contributed by atoms with Crippen LogP contribution in [0.3, 0.4) is 0 Å². The van der Waals surface area contributed by atoms with Crippen molar-refractivity contribution in [2.24, 2.45) is 5.84 Å². The van der Waals surface area contributed by atoms with Gasteiger partial charge in [0.25, 0.3) is 0 Å². The molecule has 0 aliphatic heterocycles. The molecule has 1 atom stereocenters. The van der Waals surface area contributed by atoms with Crippen LogP contribution in [0, 0.1) is 18.6 Å². The van der Waals surface area contributed by atoms with Crippen LogP contribution in [0.1, 0.15) is 23.0 Å². The molecule has 3 nitrogen and oxygen atoms in total. The zero-order valence-electron chi connectivity index (χ0n) is 9.82. The molecule has 0 radical (unpaired) electrons. The van der Waals surface area contributed by atoms with Gasteiger partial charge in [0, 0.05) is 11.3 Å². The van der Waals surface area contributed by atoms with Gasteiger partial charge in [-0.05, 0) is 37.3 Å². The number of rotatable bonds is 3. The van der Waals surface area contributed by atoms with Crippen molar-refractivity contribution in [1.82, 2.24) is 10.4 Å². The predicted octanol–water partition coefficient (Wildman–Crippen LogP) is 2.22. The lowest BCUT2D eigenvalue weighted by Gasteiger charge is -2.17. The van der Waals surface area contributed by atoms with Crippen molar-refractivity contribution in [1.29, 1.82) is 0 Å². The lowest BCUT2D eigenvalue weighted by Crippen LogP contribution is -2.30. The number of halogens is 2. The minimum Gasteiger partial charge on any atom is -0.271 e. The third-order valence-corrected chi connectivity index (χ3v) is 2.64. The molecule has 1 heterocycles. The smallest absolute Gasteiger partial charge is 0.128 e. The highest BCUT2D eigenvalue weighted by molar-refractivity contribution is 5.30. The van der Waals surface area contributed by atoms with Crippen molar-refractivity contribution in [3.05, 3.63) is 65.0 Å². The van der Waals surface area contributed by atoms with E-state index < -0.39 is 17.7 Å². The topological polar surface area (TPSA) is 50.9 Å². The summed E-state index contributed by atoms with van der Waals surface area (Å²) in [4.78, 5) is 4.26. The Balaban J connectivity index is 2.48. The fraction of sp³-hybridized carbons (Fsp3) is 0.154. The average Bonchev–Trinajstić information content (AvgIpc) is 2.35. The minimum atomic E-state index is -0.680. The third kappa shape index (κ3) is 2.52. The Morgan fingerprint density at radius 1 is 1.22 bits per heavy atom. The van der Waals surface area contributed by atoms with E-state index in [-0.39, 0.29) is 5.56 Å². The second kappa shape index (κ2) is 5.20. The Kier molecular flexibility index (Phi) is 3.64. The highest BCUT2D eigenvalue weighted by atomic mass is 19.1. The molecular weight excluding hydrogens is 236 g/mol. The van der Waals surface area contributed by atoms with Crippen LogP contribution in [-0.4, -0.2) is 4.98 Å². The summed E-state index contributed by atoms with van der Waals surface area (Å²) >= 11 is 0. The summed E-state index contributed by atoms with van der Waals surface area (Å²) < 4.78 is 26.9. The molecule has 18 heavy (non-hydrogen) atoms. The Morgan fingerprint density at radius 3 is 2.67 bits per heavy atom. The van der Waals surface area contributed by atoms with E-state index in [2.05, 4.69) is 10.4 Å². The number of nitrogens with zero attached hydrogens (tertiary/aromatic N) is 1. The number of hydrazine groups is 1. The van der Waals surface area contributed by atoms with Crippen LogP contribution in [0.2, 0.25) is 0 Å². The normalized spacial score (nSPS) is 12.4. The summed E-state index contributed by atoms with van der Waals surface area (Å²) in [6.45, 7) is 1.82. The van der Waals surface area contributed by atoms with Gasteiger partial charge in [-0.3, -0.25) is 10.8 Å². The van der Waals surface area contributed by atoms with E-state index in [9.17, 15) is 8.78 Å². The highest BCUT2D eigenvalue weighted by Crippen LogP contribution is 2.23. The maximum atomic E-state index is 13.7. The quantitative estimate of drug-likeness (QED) is 0.647. The first-order valence-electron chi connectivity index (χ1n) is 5.46. The predicted molar refractivity (Wildman–Crippen MR) is 64.5 cm³/mol. The molecular formula is C13H13F2N3. The highest BCUT2D eigenvalue weighted by Gasteiger charge is 2.18. The van der Waals surface area contributed by atoms with Crippen molar-refractivity contribution >= 4 is 0 Å². The number of benzene rings is 1. The number of hydrogen-bond donors (Lipinski definition) is 2. The van der Waals surface area contributed by atoms with Crippen LogP contribution >= 0.6 is 0 Å². The first-order valence-corrected chi connectivity index (χ1v) is 5.46. The lowest BCUT2D eigenvalue weighted by atomic mass is 10.0. The van der Waals surface area contributed by atoms with Crippen molar-refractivity contribution in [2.45, 2.75) is 13.0 Å². The van der Waals surface area contributed by atoms with E-state index in [1.807, 2.05) is 13.0 Å². The molecule has 3 N–H and O–H groups in total. The molecule has 2 aromatic rings. The molecule has 0 spiro atoms. The van der Waals surface area contributed by atoms with Crippen LogP contribution in [-0.2, 0) is 0 Å². The van der Waals surface area contributed by atoms with Gasteiger partial charge in [-0.25, -0.2) is 14.2 Å². The van der Waals surface area contributed by atoms with Crippen LogP contribution in [0.4, 0.5) is 8.78 Å². The van der Waals surface area contributed by atoms with Crippen molar-refractivity contribution in [3.8, 4) is 0 Å². The van der Waals surface area contributed by atoms with Gasteiger partial charge in [0.2, 0.25) is 0 Å².